The summed E-state index contributed by atoms with van der Waals surface area (Å²) in [5.41, 5.74) is 6.22. The minimum Gasteiger partial charge on any atom is -0.495 e. The summed E-state index contributed by atoms with van der Waals surface area (Å²) in [5.74, 6) is 1.18. The largest absolute Gasteiger partial charge is 0.495 e. The van der Waals surface area contributed by atoms with E-state index in [1.54, 1.807) is 17.9 Å². The van der Waals surface area contributed by atoms with Crippen LogP contribution in [0.25, 0.3) is 0 Å². The van der Waals surface area contributed by atoms with Gasteiger partial charge in [0, 0.05) is 5.69 Å². The number of hydrogen-bond donors (Lipinski definition) is 2. The van der Waals surface area contributed by atoms with Crippen molar-refractivity contribution in [3.8, 4) is 5.75 Å². The van der Waals surface area contributed by atoms with Crippen molar-refractivity contribution in [2.45, 2.75) is 36.7 Å². The van der Waals surface area contributed by atoms with Crippen molar-refractivity contribution < 1.29 is 9.53 Å². The number of nitrogens with zero attached hydrogens (tertiary/aromatic N) is 3. The van der Waals surface area contributed by atoms with Gasteiger partial charge in [-0.25, -0.2) is 4.68 Å². The van der Waals surface area contributed by atoms with Gasteiger partial charge in [0.15, 0.2) is 0 Å². The van der Waals surface area contributed by atoms with Crippen LogP contribution in [0.1, 0.15) is 29.9 Å². The number of carbonyl (C=O) groups excluding carboxylic acids is 1. The Balaban J connectivity index is 1.65. The SMILES string of the molecule is CCc1ccc(NC(=O)C2Sc3nnc(C)n3NC2c2ccc(OC)c(Cl)c2)cc1. The lowest BCUT2D eigenvalue weighted by Crippen LogP contribution is -2.41. The number of carbonyl (C=O) groups is 1. The third-order valence-corrected chi connectivity index (χ3v) is 6.53. The first-order chi connectivity index (χ1) is 14.5. The zero-order valence-corrected chi connectivity index (χ0v) is 18.4. The maximum atomic E-state index is 13.2. The lowest BCUT2D eigenvalue weighted by atomic mass is 10.0. The summed E-state index contributed by atoms with van der Waals surface area (Å²) in [4.78, 5) is 13.2. The van der Waals surface area contributed by atoms with Crippen LogP contribution >= 0.6 is 23.4 Å². The van der Waals surface area contributed by atoms with Gasteiger partial charge in [-0.3, -0.25) is 4.79 Å². The molecule has 1 amide bonds. The van der Waals surface area contributed by atoms with E-state index in [2.05, 4.69) is 27.9 Å². The number of nitrogens with one attached hydrogen (secondary N) is 2. The molecule has 2 N–H and O–H groups in total. The van der Waals surface area contributed by atoms with Crippen LogP contribution in [0.5, 0.6) is 5.75 Å². The molecule has 0 spiro atoms. The minimum atomic E-state index is -0.476. The number of aromatic nitrogens is 3. The van der Waals surface area contributed by atoms with Crippen molar-refractivity contribution in [1.29, 1.82) is 0 Å². The molecule has 7 nitrogen and oxygen atoms in total. The van der Waals surface area contributed by atoms with Crippen LogP contribution in [0, 0.1) is 6.92 Å². The second-order valence-corrected chi connectivity index (χ2v) is 8.46. The average Bonchev–Trinajstić information content (AvgIpc) is 3.13. The van der Waals surface area contributed by atoms with Crippen molar-refractivity contribution in [3.63, 3.8) is 0 Å². The van der Waals surface area contributed by atoms with Crippen LogP contribution in [-0.4, -0.2) is 33.1 Å². The highest BCUT2D eigenvalue weighted by Gasteiger charge is 2.37. The predicted molar refractivity (Wildman–Crippen MR) is 119 cm³/mol. The van der Waals surface area contributed by atoms with Gasteiger partial charge in [0.2, 0.25) is 11.1 Å². The van der Waals surface area contributed by atoms with Crippen LogP contribution in [0.2, 0.25) is 5.02 Å². The van der Waals surface area contributed by atoms with Crippen molar-refractivity contribution in [2.75, 3.05) is 17.9 Å². The maximum absolute atomic E-state index is 13.2. The second-order valence-electron chi connectivity index (χ2n) is 6.94. The lowest BCUT2D eigenvalue weighted by molar-refractivity contribution is -0.116. The van der Waals surface area contributed by atoms with E-state index in [0.717, 1.165) is 23.5 Å². The van der Waals surface area contributed by atoms with Gasteiger partial charge in [-0.1, -0.05) is 48.5 Å². The molecule has 0 radical (unpaired) electrons. The van der Waals surface area contributed by atoms with Crippen LogP contribution in [-0.2, 0) is 11.2 Å². The number of thioether (sulfide) groups is 1. The molecule has 156 valence electrons. The molecule has 1 aromatic heterocycles. The fourth-order valence-corrected chi connectivity index (χ4v) is 4.72. The minimum absolute atomic E-state index is 0.124. The summed E-state index contributed by atoms with van der Waals surface area (Å²) in [5, 5.41) is 12.0. The molecule has 0 saturated carbocycles. The molecule has 1 aliphatic rings. The predicted octanol–water partition coefficient (Wildman–Crippen LogP) is 4.21. The number of amides is 1. The van der Waals surface area contributed by atoms with Gasteiger partial charge in [0.25, 0.3) is 0 Å². The summed E-state index contributed by atoms with van der Waals surface area (Å²) < 4.78 is 7.06. The number of rotatable bonds is 5. The third kappa shape index (κ3) is 3.97. The fraction of sp³-hybridized carbons (Fsp3) is 0.286. The number of benzene rings is 2. The molecule has 9 heteroatoms. The average molecular weight is 444 g/mol. The van der Waals surface area contributed by atoms with E-state index in [0.29, 0.717) is 15.9 Å². The first kappa shape index (κ1) is 20.6. The van der Waals surface area contributed by atoms with E-state index in [1.165, 1.54) is 17.3 Å². The van der Waals surface area contributed by atoms with Gasteiger partial charge in [0.1, 0.15) is 16.8 Å². The highest BCUT2D eigenvalue weighted by molar-refractivity contribution is 8.00. The smallest absolute Gasteiger partial charge is 0.240 e. The standard InChI is InChI=1S/C21H22ClN5O2S/c1-4-13-5-8-15(9-6-13)23-20(28)19-18(14-7-10-17(29-3)16(22)11-14)26-27-12(2)24-25-21(27)30-19/h5-11,18-19,26H,4H2,1-3H3,(H,23,28). The molecule has 2 unspecified atom stereocenters. The van der Waals surface area contributed by atoms with E-state index in [4.69, 9.17) is 16.3 Å². The fourth-order valence-electron chi connectivity index (χ4n) is 3.32. The highest BCUT2D eigenvalue weighted by Crippen LogP contribution is 2.39. The number of halogens is 1. The monoisotopic (exact) mass is 443 g/mol. The van der Waals surface area contributed by atoms with E-state index < -0.39 is 5.25 Å². The summed E-state index contributed by atoms with van der Waals surface area (Å²) in [6, 6.07) is 13.1. The quantitative estimate of drug-likeness (QED) is 0.614. The van der Waals surface area contributed by atoms with Gasteiger partial charge in [-0.2, -0.15) is 0 Å². The molecular formula is C21H22ClN5O2S. The molecule has 3 aromatic rings. The van der Waals surface area contributed by atoms with Crippen LogP contribution in [0.4, 0.5) is 5.69 Å². The van der Waals surface area contributed by atoms with E-state index in [-0.39, 0.29) is 11.9 Å². The van der Waals surface area contributed by atoms with E-state index in [1.807, 2.05) is 43.3 Å². The Hall–Kier alpha value is -2.71. The van der Waals surface area contributed by atoms with Crippen molar-refractivity contribution in [1.82, 2.24) is 14.9 Å². The van der Waals surface area contributed by atoms with Gasteiger partial charge in [-0.15, -0.1) is 10.2 Å². The molecule has 4 rings (SSSR count). The highest BCUT2D eigenvalue weighted by atomic mass is 35.5. The number of methoxy groups -OCH3 is 1. The molecule has 0 bridgehead atoms. The summed E-state index contributed by atoms with van der Waals surface area (Å²) in [6.07, 6.45) is 0.950. The molecule has 2 heterocycles. The first-order valence-corrected chi connectivity index (χ1v) is 10.8. The summed E-state index contributed by atoms with van der Waals surface area (Å²) >= 11 is 7.73. The van der Waals surface area contributed by atoms with Crippen molar-refractivity contribution in [3.05, 3.63) is 64.4 Å². The molecule has 2 atom stereocenters. The van der Waals surface area contributed by atoms with Gasteiger partial charge < -0.3 is 15.5 Å². The lowest BCUT2D eigenvalue weighted by Gasteiger charge is -2.33. The Kier molecular flexibility index (Phi) is 5.87. The summed E-state index contributed by atoms with van der Waals surface area (Å²) in [7, 11) is 1.57. The number of fused-ring (bicyclic) bond motifs is 1. The summed E-state index contributed by atoms with van der Waals surface area (Å²) in [6.45, 7) is 3.96. The Morgan fingerprint density at radius 3 is 2.70 bits per heavy atom. The van der Waals surface area contributed by atoms with Crippen molar-refractivity contribution >= 4 is 35.0 Å². The van der Waals surface area contributed by atoms with Gasteiger partial charge in [-0.05, 0) is 48.7 Å². The molecule has 1 aliphatic heterocycles. The number of aryl methyl sites for hydroxylation is 2. The number of anilines is 1. The molecule has 30 heavy (non-hydrogen) atoms. The topological polar surface area (TPSA) is 81.1 Å². The molecule has 0 saturated heterocycles. The normalized spacial score (nSPS) is 17.7. The Bertz CT molecular complexity index is 1070. The van der Waals surface area contributed by atoms with Crippen molar-refractivity contribution in [2.24, 2.45) is 0 Å². The molecule has 0 fully saturated rings. The zero-order valence-electron chi connectivity index (χ0n) is 16.8. The number of ether oxygens (including phenoxy) is 1. The van der Waals surface area contributed by atoms with Crippen LogP contribution in [0.15, 0.2) is 47.6 Å². The number of hydrogen-bond acceptors (Lipinski definition) is 6. The van der Waals surface area contributed by atoms with E-state index in [9.17, 15) is 4.79 Å². The Morgan fingerprint density at radius 2 is 2.03 bits per heavy atom. The van der Waals surface area contributed by atoms with E-state index >= 15 is 0 Å². The van der Waals surface area contributed by atoms with Crippen LogP contribution < -0.4 is 15.5 Å². The Morgan fingerprint density at radius 1 is 1.27 bits per heavy atom. The van der Waals surface area contributed by atoms with Gasteiger partial charge >= 0.3 is 0 Å². The molecular weight excluding hydrogens is 422 g/mol. The second kappa shape index (κ2) is 8.57. The zero-order chi connectivity index (χ0) is 21.3. The molecule has 0 aliphatic carbocycles. The Labute approximate surface area is 184 Å². The third-order valence-electron chi connectivity index (χ3n) is 5.02. The molecule has 2 aromatic carbocycles. The van der Waals surface area contributed by atoms with Gasteiger partial charge in [0.05, 0.1) is 18.2 Å². The first-order valence-electron chi connectivity index (χ1n) is 9.58. The maximum Gasteiger partial charge on any atom is 0.240 e. The van der Waals surface area contributed by atoms with Crippen LogP contribution in [0.3, 0.4) is 0 Å².